The standard InChI is InChI=1S/C16H27N3/c1-4-19(13-7-12-18(2)3)15-10-5-8-14-9-6-11-17-16(14)15/h5,8,10,17H,4,6-7,9,11-13H2,1-3H3. The van der Waals surface area contributed by atoms with Gasteiger partial charge in [0.25, 0.3) is 0 Å². The number of nitrogens with one attached hydrogen (secondary N) is 1. The molecule has 0 unspecified atom stereocenters. The third-order valence-electron chi connectivity index (χ3n) is 3.81. The molecule has 0 aliphatic carbocycles. The van der Waals surface area contributed by atoms with Crippen LogP contribution in [0, 0.1) is 0 Å². The number of fused-ring (bicyclic) bond motifs is 1. The van der Waals surface area contributed by atoms with Gasteiger partial charge in [-0.3, -0.25) is 0 Å². The molecule has 0 spiro atoms. The molecule has 2 rings (SSSR count). The topological polar surface area (TPSA) is 18.5 Å². The average Bonchev–Trinajstić information content (AvgIpc) is 2.43. The van der Waals surface area contributed by atoms with Gasteiger partial charge in [0, 0.05) is 19.6 Å². The van der Waals surface area contributed by atoms with E-state index >= 15 is 0 Å². The van der Waals surface area contributed by atoms with Crippen LogP contribution in [0.3, 0.4) is 0 Å². The number of benzene rings is 1. The molecule has 0 bridgehead atoms. The highest BCUT2D eigenvalue weighted by molar-refractivity contribution is 5.74. The number of para-hydroxylation sites is 1. The van der Waals surface area contributed by atoms with Crippen LogP contribution in [-0.4, -0.2) is 45.2 Å². The lowest BCUT2D eigenvalue weighted by molar-refractivity contribution is 0.400. The first-order valence-electron chi connectivity index (χ1n) is 7.47. The lowest BCUT2D eigenvalue weighted by atomic mass is 10.0. The monoisotopic (exact) mass is 261 g/mol. The molecular formula is C16H27N3. The van der Waals surface area contributed by atoms with E-state index in [0.29, 0.717) is 0 Å². The number of anilines is 2. The zero-order valence-electron chi connectivity index (χ0n) is 12.6. The van der Waals surface area contributed by atoms with Gasteiger partial charge in [-0.1, -0.05) is 12.1 Å². The van der Waals surface area contributed by atoms with Crippen molar-refractivity contribution >= 4 is 11.4 Å². The fraction of sp³-hybridized carbons (Fsp3) is 0.625. The van der Waals surface area contributed by atoms with Crippen molar-refractivity contribution in [3.8, 4) is 0 Å². The van der Waals surface area contributed by atoms with Gasteiger partial charge in [-0.25, -0.2) is 0 Å². The van der Waals surface area contributed by atoms with E-state index in [2.05, 4.69) is 54.3 Å². The summed E-state index contributed by atoms with van der Waals surface area (Å²) in [4.78, 5) is 4.76. The summed E-state index contributed by atoms with van der Waals surface area (Å²) in [6.07, 6.45) is 3.68. The number of hydrogen-bond donors (Lipinski definition) is 1. The van der Waals surface area contributed by atoms with Gasteiger partial charge in [0.2, 0.25) is 0 Å². The summed E-state index contributed by atoms with van der Waals surface area (Å²) in [5.41, 5.74) is 4.24. The van der Waals surface area contributed by atoms with Crippen LogP contribution in [0.2, 0.25) is 0 Å². The van der Waals surface area contributed by atoms with Crippen LogP contribution in [0.15, 0.2) is 18.2 Å². The molecule has 1 aliphatic rings. The Morgan fingerprint density at radius 1 is 1.21 bits per heavy atom. The van der Waals surface area contributed by atoms with Crippen LogP contribution in [-0.2, 0) is 6.42 Å². The Morgan fingerprint density at radius 3 is 2.79 bits per heavy atom. The van der Waals surface area contributed by atoms with Gasteiger partial charge < -0.3 is 15.1 Å². The van der Waals surface area contributed by atoms with Crippen molar-refractivity contribution in [2.45, 2.75) is 26.2 Å². The molecule has 1 aromatic carbocycles. The highest BCUT2D eigenvalue weighted by atomic mass is 15.1. The molecule has 19 heavy (non-hydrogen) atoms. The van der Waals surface area contributed by atoms with Crippen molar-refractivity contribution < 1.29 is 0 Å². The molecule has 0 amide bonds. The Balaban J connectivity index is 2.09. The Hall–Kier alpha value is -1.22. The van der Waals surface area contributed by atoms with Crippen molar-refractivity contribution in [3.05, 3.63) is 23.8 Å². The maximum absolute atomic E-state index is 3.59. The normalized spacial score (nSPS) is 14.1. The van der Waals surface area contributed by atoms with Crippen molar-refractivity contribution in [1.29, 1.82) is 0 Å². The molecule has 3 heteroatoms. The van der Waals surface area contributed by atoms with E-state index in [1.807, 2.05) is 0 Å². The maximum Gasteiger partial charge on any atom is 0.0610 e. The second kappa shape index (κ2) is 6.80. The first-order chi connectivity index (χ1) is 9.22. The van der Waals surface area contributed by atoms with Crippen molar-refractivity contribution in [1.82, 2.24) is 4.90 Å². The van der Waals surface area contributed by atoms with E-state index in [9.17, 15) is 0 Å². The van der Waals surface area contributed by atoms with Crippen LogP contribution in [0.5, 0.6) is 0 Å². The van der Waals surface area contributed by atoms with E-state index in [4.69, 9.17) is 0 Å². The summed E-state index contributed by atoms with van der Waals surface area (Å²) in [6, 6.07) is 6.73. The molecule has 0 atom stereocenters. The SMILES string of the molecule is CCN(CCCN(C)C)c1cccc2c1NCCC2. The minimum absolute atomic E-state index is 1.07. The predicted octanol–water partition coefficient (Wildman–Crippen LogP) is 2.82. The van der Waals surface area contributed by atoms with Gasteiger partial charge in [0.1, 0.15) is 0 Å². The minimum Gasteiger partial charge on any atom is -0.383 e. The van der Waals surface area contributed by atoms with Gasteiger partial charge in [-0.05, 0) is 58.5 Å². The highest BCUT2D eigenvalue weighted by Crippen LogP contribution is 2.32. The predicted molar refractivity (Wildman–Crippen MR) is 84.3 cm³/mol. The van der Waals surface area contributed by atoms with E-state index in [0.717, 1.165) is 26.2 Å². The fourth-order valence-corrected chi connectivity index (χ4v) is 2.78. The summed E-state index contributed by atoms with van der Waals surface area (Å²) in [6.45, 7) is 6.72. The summed E-state index contributed by atoms with van der Waals surface area (Å²) >= 11 is 0. The van der Waals surface area contributed by atoms with Gasteiger partial charge in [0.15, 0.2) is 0 Å². The smallest absolute Gasteiger partial charge is 0.0610 e. The molecular weight excluding hydrogens is 234 g/mol. The molecule has 0 aromatic heterocycles. The molecule has 0 fully saturated rings. The van der Waals surface area contributed by atoms with Crippen LogP contribution in [0.4, 0.5) is 11.4 Å². The highest BCUT2D eigenvalue weighted by Gasteiger charge is 2.15. The minimum atomic E-state index is 1.07. The van der Waals surface area contributed by atoms with Gasteiger partial charge in [0.05, 0.1) is 11.4 Å². The molecule has 1 aliphatic heterocycles. The van der Waals surface area contributed by atoms with Crippen LogP contribution in [0.1, 0.15) is 25.3 Å². The summed E-state index contributed by atoms with van der Waals surface area (Å²) in [5.74, 6) is 0. The van der Waals surface area contributed by atoms with Crippen LogP contribution in [0.25, 0.3) is 0 Å². The zero-order valence-corrected chi connectivity index (χ0v) is 12.6. The van der Waals surface area contributed by atoms with E-state index in [1.165, 1.54) is 36.2 Å². The second-order valence-electron chi connectivity index (χ2n) is 5.58. The quantitative estimate of drug-likeness (QED) is 0.849. The maximum atomic E-state index is 3.59. The van der Waals surface area contributed by atoms with Crippen molar-refractivity contribution in [3.63, 3.8) is 0 Å². The molecule has 0 saturated heterocycles. The Labute approximate surface area is 117 Å². The third-order valence-corrected chi connectivity index (χ3v) is 3.81. The fourth-order valence-electron chi connectivity index (χ4n) is 2.78. The molecule has 0 radical (unpaired) electrons. The van der Waals surface area contributed by atoms with E-state index in [1.54, 1.807) is 0 Å². The lowest BCUT2D eigenvalue weighted by Crippen LogP contribution is -2.28. The lowest BCUT2D eigenvalue weighted by Gasteiger charge is -2.29. The number of nitrogens with zero attached hydrogens (tertiary/aromatic N) is 2. The zero-order chi connectivity index (χ0) is 13.7. The van der Waals surface area contributed by atoms with Crippen LogP contribution < -0.4 is 10.2 Å². The Bertz CT molecular complexity index is 401. The molecule has 106 valence electrons. The Kier molecular flexibility index (Phi) is 5.08. The summed E-state index contributed by atoms with van der Waals surface area (Å²) < 4.78 is 0. The second-order valence-corrected chi connectivity index (χ2v) is 5.58. The molecule has 0 saturated carbocycles. The average molecular weight is 261 g/mol. The van der Waals surface area contributed by atoms with Crippen molar-refractivity contribution in [2.75, 3.05) is 50.5 Å². The summed E-state index contributed by atoms with van der Waals surface area (Å²) in [7, 11) is 4.28. The summed E-state index contributed by atoms with van der Waals surface area (Å²) in [5, 5.41) is 3.59. The Morgan fingerprint density at radius 2 is 2.05 bits per heavy atom. The van der Waals surface area contributed by atoms with Crippen molar-refractivity contribution in [2.24, 2.45) is 0 Å². The molecule has 1 heterocycles. The van der Waals surface area contributed by atoms with E-state index in [-0.39, 0.29) is 0 Å². The third kappa shape index (κ3) is 3.63. The molecule has 1 N–H and O–H groups in total. The first kappa shape index (κ1) is 14.2. The van der Waals surface area contributed by atoms with Gasteiger partial charge in [-0.15, -0.1) is 0 Å². The number of hydrogen-bond acceptors (Lipinski definition) is 3. The number of aryl methyl sites for hydroxylation is 1. The van der Waals surface area contributed by atoms with Gasteiger partial charge in [-0.2, -0.15) is 0 Å². The first-order valence-corrected chi connectivity index (χ1v) is 7.47. The van der Waals surface area contributed by atoms with Crippen LogP contribution >= 0.6 is 0 Å². The van der Waals surface area contributed by atoms with Gasteiger partial charge >= 0.3 is 0 Å². The molecule has 1 aromatic rings. The van der Waals surface area contributed by atoms with E-state index < -0.39 is 0 Å². The molecule has 3 nitrogen and oxygen atoms in total. The largest absolute Gasteiger partial charge is 0.383 e. The number of rotatable bonds is 6.